The summed E-state index contributed by atoms with van der Waals surface area (Å²) < 4.78 is 12.3. The number of para-hydroxylation sites is 1. The zero-order valence-corrected chi connectivity index (χ0v) is 19.0. The van der Waals surface area contributed by atoms with Crippen LogP contribution in [0.15, 0.2) is 58.1 Å². The van der Waals surface area contributed by atoms with Crippen molar-refractivity contribution in [2.45, 2.75) is 25.6 Å². The van der Waals surface area contributed by atoms with E-state index in [1.54, 1.807) is 0 Å². The van der Waals surface area contributed by atoms with E-state index in [9.17, 15) is 9.59 Å². The van der Waals surface area contributed by atoms with Crippen molar-refractivity contribution in [1.29, 1.82) is 0 Å². The van der Waals surface area contributed by atoms with Gasteiger partial charge in [0, 0.05) is 20.3 Å². The maximum Gasteiger partial charge on any atom is 0.241 e. The van der Waals surface area contributed by atoms with Crippen molar-refractivity contribution in [2.75, 3.05) is 13.2 Å². The number of hydrogen-bond donors (Lipinski definition) is 1. The zero-order valence-electron chi connectivity index (χ0n) is 16.6. The van der Waals surface area contributed by atoms with Crippen molar-refractivity contribution in [3.8, 4) is 11.5 Å². The monoisotopic (exact) mass is 491 g/mol. The number of amidine groups is 1. The molecule has 2 amide bonds. The van der Waals surface area contributed by atoms with Crippen LogP contribution in [0.2, 0.25) is 0 Å². The lowest BCUT2D eigenvalue weighted by Crippen LogP contribution is -2.25. The number of carbonyl (C=O) groups excluding carboxylic acids is 2. The molecule has 2 aromatic carbocycles. The van der Waals surface area contributed by atoms with Gasteiger partial charge in [0.1, 0.15) is 16.9 Å². The number of rotatable bonds is 7. The number of carbonyl (C=O) groups is 2. The summed E-state index contributed by atoms with van der Waals surface area (Å²) >= 11 is 4.85. The Morgan fingerprint density at radius 2 is 1.87 bits per heavy atom. The van der Waals surface area contributed by atoms with Gasteiger partial charge in [-0.15, -0.1) is 5.10 Å². The van der Waals surface area contributed by atoms with Crippen molar-refractivity contribution >= 4 is 44.7 Å². The fourth-order valence-electron chi connectivity index (χ4n) is 2.71. The first-order valence-electron chi connectivity index (χ1n) is 9.37. The molecule has 1 aliphatic rings. The summed E-state index contributed by atoms with van der Waals surface area (Å²) in [4.78, 5) is 23.3. The molecule has 158 valence electrons. The molecule has 7 nitrogen and oxygen atoms in total. The number of ether oxygens (including phenoxy) is 2. The molecule has 30 heavy (non-hydrogen) atoms. The molecule has 1 N–H and O–H groups in total. The summed E-state index contributed by atoms with van der Waals surface area (Å²) in [6.45, 7) is 3.92. The van der Waals surface area contributed by atoms with Crippen molar-refractivity contribution in [1.82, 2.24) is 10.3 Å². The van der Waals surface area contributed by atoms with Gasteiger partial charge in [-0.2, -0.15) is 0 Å². The van der Waals surface area contributed by atoms with Gasteiger partial charge >= 0.3 is 0 Å². The van der Waals surface area contributed by atoms with Gasteiger partial charge in [-0.25, -0.2) is 5.01 Å². The van der Waals surface area contributed by atoms with E-state index in [4.69, 9.17) is 9.47 Å². The number of hydrogen-bond acceptors (Lipinski definition) is 6. The highest BCUT2D eigenvalue weighted by Gasteiger charge is 2.32. The van der Waals surface area contributed by atoms with E-state index in [2.05, 4.69) is 26.3 Å². The predicted molar refractivity (Wildman–Crippen MR) is 120 cm³/mol. The topological polar surface area (TPSA) is 80.2 Å². The molecule has 0 aliphatic carbocycles. The number of thioether (sulfide) groups is 1. The van der Waals surface area contributed by atoms with Crippen LogP contribution in [0.1, 0.15) is 31.2 Å². The van der Waals surface area contributed by atoms with E-state index >= 15 is 0 Å². The highest BCUT2D eigenvalue weighted by atomic mass is 79.9. The van der Waals surface area contributed by atoms with Crippen LogP contribution >= 0.6 is 27.7 Å². The smallest absolute Gasteiger partial charge is 0.241 e. The summed E-state index contributed by atoms with van der Waals surface area (Å²) in [6.07, 6.45) is 0.744. The van der Waals surface area contributed by atoms with Crippen molar-refractivity contribution in [3.05, 3.63) is 58.6 Å². The Bertz CT molecular complexity index is 939. The fraction of sp³-hybridized carbons (Fsp3) is 0.286. The third-order valence-corrected chi connectivity index (χ3v) is 5.77. The third kappa shape index (κ3) is 5.99. The Kier molecular flexibility index (Phi) is 7.75. The van der Waals surface area contributed by atoms with Gasteiger partial charge in [0.25, 0.3) is 0 Å². The summed E-state index contributed by atoms with van der Waals surface area (Å²) in [6, 6.07) is 15.3. The molecule has 1 aliphatic heterocycles. The molecule has 0 radical (unpaired) electrons. The van der Waals surface area contributed by atoms with E-state index in [1.807, 2.05) is 48.5 Å². The summed E-state index contributed by atoms with van der Waals surface area (Å²) in [5.74, 6) is 1.11. The standard InChI is InChI=1S/C21H22BrN3O4S/c1-14(26)23-21-24-25(15(2)27)20(30-21)16-9-10-19(18(22)13-16)29-12-6-11-28-17-7-4-3-5-8-17/h3-5,7-10,13,20H,6,11-12H2,1-2H3,(H,23,24,26). The van der Waals surface area contributed by atoms with Crippen molar-refractivity contribution in [3.63, 3.8) is 0 Å². The van der Waals surface area contributed by atoms with Crippen molar-refractivity contribution in [2.24, 2.45) is 5.10 Å². The van der Waals surface area contributed by atoms with E-state index in [0.29, 0.717) is 24.1 Å². The number of amides is 2. The summed E-state index contributed by atoms with van der Waals surface area (Å²) in [7, 11) is 0. The average Bonchev–Trinajstić information content (AvgIpc) is 3.13. The SMILES string of the molecule is CC(=O)NC1=NN(C(C)=O)C(c2ccc(OCCCOc3ccccc3)c(Br)c2)S1. The molecule has 9 heteroatoms. The minimum absolute atomic E-state index is 0.206. The average molecular weight is 492 g/mol. The number of halogens is 1. The number of nitrogens with zero attached hydrogens (tertiary/aromatic N) is 2. The molecule has 3 rings (SSSR count). The number of hydrazone groups is 1. The van der Waals surface area contributed by atoms with Gasteiger partial charge in [-0.05, 0) is 45.8 Å². The van der Waals surface area contributed by atoms with E-state index < -0.39 is 0 Å². The predicted octanol–water partition coefficient (Wildman–Crippen LogP) is 4.30. The zero-order chi connectivity index (χ0) is 21.5. The van der Waals surface area contributed by atoms with Gasteiger partial charge in [0.05, 0.1) is 17.7 Å². The fourth-order valence-corrected chi connectivity index (χ4v) is 4.35. The lowest BCUT2D eigenvalue weighted by Gasteiger charge is -2.20. The Labute approximate surface area is 187 Å². The van der Waals surface area contributed by atoms with Crippen LogP contribution < -0.4 is 14.8 Å². The second-order valence-corrected chi connectivity index (χ2v) is 8.40. The van der Waals surface area contributed by atoms with Crippen LogP contribution in [0.5, 0.6) is 11.5 Å². The first-order chi connectivity index (χ1) is 14.4. The third-order valence-electron chi connectivity index (χ3n) is 4.05. The summed E-state index contributed by atoms with van der Waals surface area (Å²) in [5, 5.41) is 8.25. The molecule has 0 saturated carbocycles. The van der Waals surface area contributed by atoms with Crippen LogP contribution in [0.25, 0.3) is 0 Å². The lowest BCUT2D eigenvalue weighted by molar-refractivity contribution is -0.129. The van der Waals surface area contributed by atoms with Crippen LogP contribution in [-0.2, 0) is 9.59 Å². The number of nitrogens with one attached hydrogen (secondary N) is 1. The largest absolute Gasteiger partial charge is 0.493 e. The van der Waals surface area contributed by atoms with Gasteiger partial charge in [0.2, 0.25) is 11.8 Å². The molecule has 0 aromatic heterocycles. The van der Waals surface area contributed by atoms with Gasteiger partial charge in [-0.1, -0.05) is 36.0 Å². The maximum atomic E-state index is 12.0. The Balaban J connectivity index is 1.55. The normalized spacial score (nSPS) is 15.5. The Morgan fingerprint density at radius 1 is 1.13 bits per heavy atom. The second kappa shape index (κ2) is 10.5. The van der Waals surface area contributed by atoms with Crippen LogP contribution in [0.3, 0.4) is 0 Å². The number of benzene rings is 2. The minimum atomic E-state index is -0.353. The summed E-state index contributed by atoms with van der Waals surface area (Å²) in [5.41, 5.74) is 0.867. The molecule has 0 spiro atoms. The highest BCUT2D eigenvalue weighted by molar-refractivity contribution is 9.10. The molecule has 0 saturated heterocycles. The first kappa shape index (κ1) is 22.2. The minimum Gasteiger partial charge on any atom is -0.493 e. The quantitative estimate of drug-likeness (QED) is 0.584. The Hall–Kier alpha value is -2.52. The molecule has 0 bridgehead atoms. The highest BCUT2D eigenvalue weighted by Crippen LogP contribution is 2.40. The Morgan fingerprint density at radius 3 is 2.53 bits per heavy atom. The van der Waals surface area contributed by atoms with Crippen molar-refractivity contribution < 1.29 is 19.1 Å². The molecule has 0 fully saturated rings. The second-order valence-electron chi connectivity index (χ2n) is 6.47. The lowest BCUT2D eigenvalue weighted by atomic mass is 10.2. The van der Waals surface area contributed by atoms with Crippen LogP contribution in [-0.4, -0.2) is 35.2 Å². The van der Waals surface area contributed by atoms with E-state index in [-0.39, 0.29) is 17.2 Å². The van der Waals surface area contributed by atoms with E-state index in [1.165, 1.54) is 30.6 Å². The van der Waals surface area contributed by atoms with Crippen LogP contribution in [0.4, 0.5) is 0 Å². The van der Waals surface area contributed by atoms with Gasteiger partial charge in [0.15, 0.2) is 5.17 Å². The van der Waals surface area contributed by atoms with E-state index in [0.717, 1.165) is 22.2 Å². The van der Waals surface area contributed by atoms with Gasteiger partial charge < -0.3 is 14.8 Å². The maximum absolute atomic E-state index is 12.0. The molecule has 1 unspecified atom stereocenters. The molecule has 1 atom stereocenters. The molecular formula is C21H22BrN3O4S. The molecular weight excluding hydrogens is 470 g/mol. The first-order valence-corrected chi connectivity index (χ1v) is 11.0. The molecule has 2 aromatic rings. The van der Waals surface area contributed by atoms with Gasteiger partial charge in [-0.3, -0.25) is 9.59 Å². The van der Waals surface area contributed by atoms with Crippen LogP contribution in [0, 0.1) is 0 Å². The molecule has 1 heterocycles.